The quantitative estimate of drug-likeness (QED) is 0.179. The maximum Gasteiger partial charge on any atom is 0.490 e. The number of piperidine rings is 1. The first kappa shape index (κ1) is 46.6. The average molecular weight is 817 g/mol. The van der Waals surface area contributed by atoms with E-state index in [1.54, 1.807) is 7.11 Å². The molecule has 1 fully saturated rings. The Morgan fingerprint density at radius 2 is 1.36 bits per heavy atom. The summed E-state index contributed by atoms with van der Waals surface area (Å²) >= 11 is 0. The van der Waals surface area contributed by atoms with Crippen LogP contribution in [0.5, 0.6) is 5.75 Å². The number of aromatic nitrogens is 2. The third-order valence-corrected chi connectivity index (χ3v) is 8.04. The summed E-state index contributed by atoms with van der Waals surface area (Å²) in [6.07, 6.45) is -8.70. The maximum absolute atomic E-state index is 13.4. The number of anilines is 2. The number of halogens is 9. The number of hydrogen-bond acceptors (Lipinski definition) is 9. The molecule has 5 rings (SSSR count). The zero-order chi connectivity index (χ0) is 42.6. The SMILES string of the molecule is COc1ccc2c(c1)C[C@H](C(=O)Nc1ccc(-c3cn[nH]c3)cc1N1CCC(N(C)C)CC1)NC2.O=C(O)C(F)(F)F.O=C(O)C(F)(F)F.O=C(O)C(F)(F)F. The van der Waals surface area contributed by atoms with Crippen molar-refractivity contribution in [2.75, 3.05) is 44.5 Å². The molecule has 1 aromatic heterocycles. The normalized spacial score (nSPS) is 15.7. The number of carboxylic acids is 3. The van der Waals surface area contributed by atoms with Gasteiger partial charge in [0.05, 0.1) is 30.7 Å². The minimum atomic E-state index is -5.08. The van der Waals surface area contributed by atoms with Gasteiger partial charge in [-0.3, -0.25) is 9.89 Å². The van der Waals surface area contributed by atoms with Gasteiger partial charge in [0.2, 0.25) is 5.91 Å². The second-order valence-electron chi connectivity index (χ2n) is 12.1. The van der Waals surface area contributed by atoms with Crippen LogP contribution in [0.4, 0.5) is 50.9 Å². The minimum absolute atomic E-state index is 0.0149. The van der Waals surface area contributed by atoms with Crippen LogP contribution in [0, 0.1) is 0 Å². The fourth-order valence-corrected chi connectivity index (χ4v) is 5.13. The predicted octanol–water partition coefficient (Wildman–Crippen LogP) is 5.17. The summed E-state index contributed by atoms with van der Waals surface area (Å²) in [7, 11) is 5.97. The number of carboxylic acid groups (broad SMARTS) is 3. The van der Waals surface area contributed by atoms with E-state index in [0.717, 1.165) is 59.7 Å². The van der Waals surface area contributed by atoms with Gasteiger partial charge in [0.25, 0.3) is 0 Å². The Balaban J connectivity index is 0.000000423. The molecule has 0 radical (unpaired) electrons. The Bertz CT molecular complexity index is 1720. The molecular weight excluding hydrogens is 779 g/mol. The highest BCUT2D eigenvalue weighted by Crippen LogP contribution is 2.34. The van der Waals surface area contributed by atoms with Gasteiger partial charge in [-0.15, -0.1) is 0 Å². The van der Waals surface area contributed by atoms with Crippen molar-refractivity contribution in [2.24, 2.45) is 0 Å². The van der Waals surface area contributed by atoms with E-state index in [1.165, 1.54) is 5.56 Å². The molecule has 23 heteroatoms. The molecule has 2 aliphatic rings. The lowest BCUT2D eigenvalue weighted by Crippen LogP contribution is -2.45. The van der Waals surface area contributed by atoms with Crippen LogP contribution in [0.2, 0.25) is 0 Å². The molecule has 3 aromatic rings. The number of nitrogens with zero attached hydrogens (tertiary/aromatic N) is 3. The van der Waals surface area contributed by atoms with Gasteiger partial charge in [0.1, 0.15) is 5.75 Å². The van der Waals surface area contributed by atoms with Crippen LogP contribution in [0.3, 0.4) is 0 Å². The van der Waals surface area contributed by atoms with Crippen molar-refractivity contribution in [3.63, 3.8) is 0 Å². The molecule has 1 saturated heterocycles. The van der Waals surface area contributed by atoms with Crippen LogP contribution in [0.15, 0.2) is 48.8 Å². The van der Waals surface area contributed by atoms with E-state index < -0.39 is 36.4 Å². The van der Waals surface area contributed by atoms with E-state index in [2.05, 4.69) is 56.9 Å². The number of benzene rings is 2. The van der Waals surface area contributed by atoms with Crippen LogP contribution in [0.1, 0.15) is 24.0 Å². The first-order valence-corrected chi connectivity index (χ1v) is 16.0. The fourth-order valence-electron chi connectivity index (χ4n) is 5.13. The largest absolute Gasteiger partial charge is 0.497 e. The monoisotopic (exact) mass is 816 g/mol. The Labute approximate surface area is 312 Å². The number of aliphatic carboxylic acids is 3. The molecule has 0 saturated carbocycles. The highest BCUT2D eigenvalue weighted by molar-refractivity contribution is 5.98. The minimum Gasteiger partial charge on any atom is -0.497 e. The van der Waals surface area contributed by atoms with Crippen molar-refractivity contribution < 1.29 is 78.7 Å². The van der Waals surface area contributed by atoms with Gasteiger partial charge in [-0.05, 0) is 74.3 Å². The number of ether oxygens (including phenoxy) is 1. The van der Waals surface area contributed by atoms with E-state index in [-0.39, 0.29) is 11.9 Å². The Kier molecular flexibility index (Phi) is 16.5. The van der Waals surface area contributed by atoms with Crippen molar-refractivity contribution >= 4 is 35.2 Å². The van der Waals surface area contributed by atoms with Crippen molar-refractivity contribution in [1.82, 2.24) is 20.4 Å². The maximum atomic E-state index is 13.4. The summed E-state index contributed by atoms with van der Waals surface area (Å²) in [4.78, 5) is 44.8. The predicted molar refractivity (Wildman–Crippen MR) is 180 cm³/mol. The standard InChI is InChI=1S/C27H34N6O2.3C2HF3O2/c1-32(2)22-8-10-33(11-9-22)26-14-18(21-16-29-30-17-21)5-7-24(26)31-27(34)25-13-20-12-23(35-3)6-4-19(20)15-28-25;3*3-2(4,5)1(6)7/h4-7,12,14,16-17,22,25,28H,8-11,13,15H2,1-3H3,(H,29,30)(H,31,34);3*(H,6,7)/t25-;;;/m1.../s1. The fraction of sp³-hybridized carbons (Fsp3) is 0.424. The second-order valence-corrected chi connectivity index (χ2v) is 12.1. The third kappa shape index (κ3) is 14.6. The summed E-state index contributed by atoms with van der Waals surface area (Å²) in [6.45, 7) is 2.58. The van der Waals surface area contributed by atoms with Gasteiger partial charge in [-0.25, -0.2) is 14.4 Å². The number of aromatic amines is 1. The van der Waals surface area contributed by atoms with Crippen LogP contribution in [0.25, 0.3) is 11.1 Å². The van der Waals surface area contributed by atoms with Gasteiger partial charge in [0.15, 0.2) is 0 Å². The summed E-state index contributed by atoms with van der Waals surface area (Å²) in [5, 5.41) is 35.0. The number of methoxy groups -OCH3 is 1. The number of hydrogen-bond donors (Lipinski definition) is 6. The molecule has 3 heterocycles. The molecule has 0 aliphatic carbocycles. The van der Waals surface area contributed by atoms with Crippen LogP contribution in [-0.2, 0) is 32.1 Å². The third-order valence-electron chi connectivity index (χ3n) is 8.04. The Hall–Kier alpha value is -5.58. The van der Waals surface area contributed by atoms with Crippen molar-refractivity contribution in [1.29, 1.82) is 0 Å². The lowest BCUT2D eigenvalue weighted by molar-refractivity contribution is -0.193. The van der Waals surface area contributed by atoms with Gasteiger partial charge < -0.3 is 40.5 Å². The molecule has 310 valence electrons. The van der Waals surface area contributed by atoms with Crippen LogP contribution >= 0.6 is 0 Å². The average Bonchev–Trinajstić information content (AvgIpc) is 3.66. The molecule has 1 amide bonds. The summed E-state index contributed by atoms with van der Waals surface area (Å²) in [5.74, 6) is -7.46. The van der Waals surface area contributed by atoms with Crippen LogP contribution in [-0.4, -0.2) is 119 Å². The number of fused-ring (bicyclic) bond motifs is 1. The Morgan fingerprint density at radius 1 is 0.821 bits per heavy atom. The summed E-state index contributed by atoms with van der Waals surface area (Å²) in [5.41, 5.74) is 6.40. The molecular formula is C33H37F9N6O8. The number of nitrogens with one attached hydrogen (secondary N) is 3. The highest BCUT2D eigenvalue weighted by Gasteiger charge is 2.39. The molecule has 56 heavy (non-hydrogen) atoms. The lowest BCUT2D eigenvalue weighted by atomic mass is 9.95. The van der Waals surface area contributed by atoms with Gasteiger partial charge in [-0.2, -0.15) is 44.6 Å². The zero-order valence-electron chi connectivity index (χ0n) is 29.6. The van der Waals surface area contributed by atoms with Gasteiger partial charge >= 0.3 is 36.4 Å². The molecule has 2 aliphatic heterocycles. The number of carbonyl (C=O) groups excluding carboxylic acids is 1. The second kappa shape index (κ2) is 19.8. The van der Waals surface area contributed by atoms with E-state index in [9.17, 15) is 44.3 Å². The van der Waals surface area contributed by atoms with Gasteiger partial charge in [-0.1, -0.05) is 12.1 Å². The van der Waals surface area contributed by atoms with Crippen LogP contribution < -0.4 is 20.3 Å². The number of alkyl halides is 9. The molecule has 0 spiro atoms. The first-order chi connectivity index (χ1) is 25.8. The van der Waals surface area contributed by atoms with E-state index in [0.29, 0.717) is 19.0 Å². The number of amides is 1. The summed E-state index contributed by atoms with van der Waals surface area (Å²) in [6, 6.07) is 12.6. The van der Waals surface area contributed by atoms with Crippen molar-refractivity contribution in [2.45, 2.75) is 56.4 Å². The topological polar surface area (TPSA) is 197 Å². The molecule has 2 aromatic carbocycles. The Morgan fingerprint density at radius 3 is 1.80 bits per heavy atom. The van der Waals surface area contributed by atoms with Crippen molar-refractivity contribution in [3.8, 4) is 16.9 Å². The molecule has 1 atom stereocenters. The van der Waals surface area contributed by atoms with Crippen molar-refractivity contribution in [3.05, 3.63) is 59.9 Å². The van der Waals surface area contributed by atoms with E-state index in [4.69, 9.17) is 34.4 Å². The number of H-pyrrole nitrogens is 1. The zero-order valence-corrected chi connectivity index (χ0v) is 29.6. The number of rotatable bonds is 6. The lowest BCUT2D eigenvalue weighted by Gasteiger charge is -2.37. The molecule has 14 nitrogen and oxygen atoms in total. The number of carbonyl (C=O) groups is 4. The first-order valence-electron chi connectivity index (χ1n) is 16.0. The van der Waals surface area contributed by atoms with Gasteiger partial charge in [0, 0.05) is 37.4 Å². The highest BCUT2D eigenvalue weighted by atomic mass is 19.4. The molecule has 0 bridgehead atoms. The van der Waals surface area contributed by atoms with E-state index >= 15 is 0 Å². The summed E-state index contributed by atoms with van der Waals surface area (Å²) < 4.78 is 101. The van der Waals surface area contributed by atoms with E-state index in [1.807, 2.05) is 36.7 Å². The molecule has 6 N–H and O–H groups in total. The smallest absolute Gasteiger partial charge is 0.490 e. The molecule has 0 unspecified atom stereocenters.